The molecule has 170 valence electrons. The standard InChI is InChI=1S/C23H23FN6O3/c1-13(28-22(32)20-19(26)21(31)30-23(33)29-20)15-5-3-6-16(9-15)17(10-25)12-27-11-14-4-2-7-18(24)8-14/h2-10,12-13H,11,25-26H2,1H3,(H,28,32)(H2,29,30,31,33)/t13-/m1/s1. The van der Waals surface area contributed by atoms with Gasteiger partial charge in [-0.1, -0.05) is 30.3 Å². The number of halogens is 1. The van der Waals surface area contributed by atoms with E-state index in [0.717, 1.165) is 16.7 Å². The fourth-order valence-electron chi connectivity index (χ4n) is 3.11. The zero-order valence-electron chi connectivity index (χ0n) is 17.8. The lowest BCUT2D eigenvalue weighted by molar-refractivity contribution is 0.0935. The first-order valence-corrected chi connectivity index (χ1v) is 9.98. The van der Waals surface area contributed by atoms with Gasteiger partial charge in [0.1, 0.15) is 17.2 Å². The van der Waals surface area contributed by atoms with Crippen LogP contribution in [0.4, 0.5) is 10.1 Å². The summed E-state index contributed by atoms with van der Waals surface area (Å²) in [6, 6.07) is 12.9. The number of allylic oxidation sites excluding steroid dienone is 1. The minimum absolute atomic E-state index is 0.289. The highest BCUT2D eigenvalue weighted by atomic mass is 19.1. The van der Waals surface area contributed by atoms with E-state index >= 15 is 0 Å². The SMILES string of the molecule is C[C@@H](NC(=O)c1[nH]c(=O)[nH]c(=O)c1N)c1cccc(C(C=NCc2cccc(F)c2)=CN)c1. The van der Waals surface area contributed by atoms with Crippen molar-refractivity contribution in [2.45, 2.75) is 19.5 Å². The first-order chi connectivity index (χ1) is 15.8. The van der Waals surface area contributed by atoms with Gasteiger partial charge in [-0.05, 0) is 41.8 Å². The Morgan fingerprint density at radius 2 is 1.94 bits per heavy atom. The molecule has 1 atom stereocenters. The summed E-state index contributed by atoms with van der Waals surface area (Å²) in [6.45, 7) is 2.03. The van der Waals surface area contributed by atoms with Crippen LogP contribution in [0.1, 0.15) is 40.1 Å². The fourth-order valence-corrected chi connectivity index (χ4v) is 3.11. The Balaban J connectivity index is 1.75. The van der Waals surface area contributed by atoms with Crippen molar-refractivity contribution in [1.82, 2.24) is 15.3 Å². The van der Waals surface area contributed by atoms with Crippen molar-refractivity contribution in [3.8, 4) is 0 Å². The average Bonchev–Trinajstić information content (AvgIpc) is 2.79. The van der Waals surface area contributed by atoms with Gasteiger partial charge in [-0.15, -0.1) is 0 Å². The Morgan fingerprint density at radius 1 is 1.18 bits per heavy atom. The smallest absolute Gasteiger partial charge is 0.326 e. The molecular weight excluding hydrogens is 427 g/mol. The van der Waals surface area contributed by atoms with Gasteiger partial charge in [-0.2, -0.15) is 0 Å². The number of benzene rings is 2. The topological polar surface area (TPSA) is 159 Å². The number of aromatic amines is 2. The number of carbonyl (C=O) groups excluding carboxylic acids is 1. The predicted octanol–water partition coefficient (Wildman–Crippen LogP) is 1.85. The first-order valence-electron chi connectivity index (χ1n) is 9.98. The van der Waals surface area contributed by atoms with Crippen LogP contribution in [0.5, 0.6) is 0 Å². The third-order valence-corrected chi connectivity index (χ3v) is 4.85. The highest BCUT2D eigenvalue weighted by Gasteiger charge is 2.17. The molecule has 0 radical (unpaired) electrons. The number of nitrogen functional groups attached to an aromatic ring is 1. The van der Waals surface area contributed by atoms with Crippen molar-refractivity contribution in [2.24, 2.45) is 10.7 Å². The molecule has 3 aromatic rings. The molecule has 0 aliphatic carbocycles. The van der Waals surface area contributed by atoms with Crippen LogP contribution in [0.3, 0.4) is 0 Å². The lowest BCUT2D eigenvalue weighted by atomic mass is 10.0. The third kappa shape index (κ3) is 5.82. The molecule has 0 aliphatic rings. The number of carbonyl (C=O) groups is 1. The Hall–Kier alpha value is -4.47. The van der Waals surface area contributed by atoms with E-state index in [1.807, 2.05) is 17.1 Å². The molecule has 1 heterocycles. The second-order valence-corrected chi connectivity index (χ2v) is 7.24. The van der Waals surface area contributed by atoms with Crippen molar-refractivity contribution in [3.63, 3.8) is 0 Å². The van der Waals surface area contributed by atoms with Crippen molar-refractivity contribution in [3.05, 3.63) is 104 Å². The number of aromatic nitrogens is 2. The molecule has 0 aliphatic heterocycles. The van der Waals surface area contributed by atoms with Crippen LogP contribution in [0, 0.1) is 5.82 Å². The van der Waals surface area contributed by atoms with Gasteiger partial charge in [0.2, 0.25) is 0 Å². The monoisotopic (exact) mass is 450 g/mol. The molecule has 0 fully saturated rings. The number of rotatable bonds is 7. The molecule has 33 heavy (non-hydrogen) atoms. The van der Waals surface area contributed by atoms with Gasteiger partial charge in [0.15, 0.2) is 0 Å². The second kappa shape index (κ2) is 10.2. The second-order valence-electron chi connectivity index (χ2n) is 7.24. The van der Waals surface area contributed by atoms with E-state index in [-0.39, 0.29) is 23.7 Å². The number of nitrogens with one attached hydrogen (secondary N) is 3. The number of nitrogens with two attached hydrogens (primary N) is 2. The molecular formula is C23H23FN6O3. The van der Waals surface area contributed by atoms with E-state index in [4.69, 9.17) is 11.5 Å². The normalized spacial score (nSPS) is 12.6. The Kier molecular flexibility index (Phi) is 7.19. The van der Waals surface area contributed by atoms with Crippen LogP contribution in [-0.2, 0) is 6.54 Å². The van der Waals surface area contributed by atoms with E-state index in [2.05, 4.69) is 15.3 Å². The van der Waals surface area contributed by atoms with Crippen LogP contribution in [0.15, 0.2) is 69.3 Å². The molecule has 0 saturated carbocycles. The van der Waals surface area contributed by atoms with Gasteiger partial charge in [0, 0.05) is 18.0 Å². The summed E-state index contributed by atoms with van der Waals surface area (Å²) in [5.41, 5.74) is 11.9. The molecule has 0 spiro atoms. The minimum Gasteiger partial charge on any atom is -0.404 e. The van der Waals surface area contributed by atoms with Crippen LogP contribution < -0.4 is 28.0 Å². The fraction of sp³-hybridized carbons (Fsp3) is 0.130. The predicted molar refractivity (Wildman–Crippen MR) is 125 cm³/mol. The molecule has 10 heteroatoms. The Bertz CT molecular complexity index is 1340. The van der Waals surface area contributed by atoms with E-state index in [9.17, 15) is 18.8 Å². The zero-order valence-corrected chi connectivity index (χ0v) is 17.8. The van der Waals surface area contributed by atoms with Gasteiger partial charge < -0.3 is 21.8 Å². The number of aliphatic imine (C=N–C) groups is 1. The summed E-state index contributed by atoms with van der Waals surface area (Å²) in [7, 11) is 0. The number of nitrogens with zero attached hydrogens (tertiary/aromatic N) is 1. The minimum atomic E-state index is -0.839. The molecule has 7 N–H and O–H groups in total. The van der Waals surface area contributed by atoms with Crippen molar-refractivity contribution < 1.29 is 9.18 Å². The first kappa shape index (κ1) is 23.2. The molecule has 0 bridgehead atoms. The molecule has 1 amide bonds. The number of H-pyrrole nitrogens is 2. The Morgan fingerprint density at radius 3 is 2.67 bits per heavy atom. The van der Waals surface area contributed by atoms with Crippen molar-refractivity contribution in [1.29, 1.82) is 0 Å². The maximum atomic E-state index is 13.3. The van der Waals surface area contributed by atoms with Gasteiger partial charge in [0.05, 0.1) is 12.6 Å². The van der Waals surface area contributed by atoms with Crippen LogP contribution in [0.25, 0.3) is 5.57 Å². The number of amides is 1. The van der Waals surface area contributed by atoms with Crippen LogP contribution in [-0.4, -0.2) is 22.1 Å². The third-order valence-electron chi connectivity index (χ3n) is 4.85. The molecule has 1 aromatic heterocycles. The number of hydrogen-bond acceptors (Lipinski definition) is 6. The summed E-state index contributed by atoms with van der Waals surface area (Å²) < 4.78 is 13.3. The summed E-state index contributed by atoms with van der Waals surface area (Å²) >= 11 is 0. The molecule has 2 aromatic carbocycles. The number of anilines is 1. The number of hydrogen-bond donors (Lipinski definition) is 5. The molecule has 9 nitrogen and oxygen atoms in total. The van der Waals surface area contributed by atoms with Gasteiger partial charge >= 0.3 is 5.69 Å². The van der Waals surface area contributed by atoms with Gasteiger partial charge in [-0.25, -0.2) is 9.18 Å². The maximum absolute atomic E-state index is 13.3. The Labute approximate surface area is 188 Å². The molecule has 3 rings (SSSR count). The van der Waals surface area contributed by atoms with E-state index in [1.54, 1.807) is 37.4 Å². The van der Waals surface area contributed by atoms with E-state index in [1.165, 1.54) is 18.3 Å². The lowest BCUT2D eigenvalue weighted by Crippen LogP contribution is -2.34. The van der Waals surface area contributed by atoms with Crippen molar-refractivity contribution in [2.75, 3.05) is 5.73 Å². The zero-order chi connectivity index (χ0) is 24.0. The molecule has 0 saturated heterocycles. The van der Waals surface area contributed by atoms with Crippen LogP contribution in [0.2, 0.25) is 0 Å². The van der Waals surface area contributed by atoms with Crippen LogP contribution >= 0.6 is 0 Å². The lowest BCUT2D eigenvalue weighted by Gasteiger charge is -2.16. The highest BCUT2D eigenvalue weighted by Crippen LogP contribution is 2.19. The average molecular weight is 450 g/mol. The van der Waals surface area contributed by atoms with Gasteiger partial charge in [-0.3, -0.25) is 19.6 Å². The summed E-state index contributed by atoms with van der Waals surface area (Å²) in [5, 5.41) is 2.70. The summed E-state index contributed by atoms with van der Waals surface area (Å²) in [4.78, 5) is 44.2. The van der Waals surface area contributed by atoms with E-state index in [0.29, 0.717) is 5.57 Å². The molecule has 0 unspecified atom stereocenters. The van der Waals surface area contributed by atoms with Crippen molar-refractivity contribution >= 4 is 23.4 Å². The highest BCUT2D eigenvalue weighted by molar-refractivity contribution is 6.09. The van der Waals surface area contributed by atoms with E-state index < -0.39 is 23.2 Å². The summed E-state index contributed by atoms with van der Waals surface area (Å²) in [5.74, 6) is -1.02. The van der Waals surface area contributed by atoms with Gasteiger partial charge in [0.25, 0.3) is 11.5 Å². The largest absolute Gasteiger partial charge is 0.404 e. The maximum Gasteiger partial charge on any atom is 0.326 e. The quantitative estimate of drug-likeness (QED) is 0.347. The summed E-state index contributed by atoms with van der Waals surface area (Å²) in [6.07, 6.45) is 2.99.